The molecule has 1 rings (SSSR count). The summed E-state index contributed by atoms with van der Waals surface area (Å²) >= 11 is 1.93. The standard InChI is InChI=1S/C14H26N2OS/c1-3-7-16-14(11-15)6-4-5-13(8-14)18-10-12(2)9-17/h12-13,16-17H,3-10H2,1-2H3. The zero-order chi connectivity index (χ0) is 13.4. The van der Waals surface area contributed by atoms with Gasteiger partial charge in [-0.1, -0.05) is 13.8 Å². The molecule has 1 saturated carbocycles. The molecule has 0 aromatic rings. The van der Waals surface area contributed by atoms with Crippen molar-refractivity contribution in [1.82, 2.24) is 5.32 Å². The number of hydrogen-bond donors (Lipinski definition) is 2. The Bertz CT molecular complexity index is 279. The molecule has 1 aliphatic carbocycles. The Balaban J connectivity index is 2.45. The minimum atomic E-state index is -0.297. The molecule has 0 radical (unpaired) electrons. The van der Waals surface area contributed by atoms with Crippen LogP contribution in [0.3, 0.4) is 0 Å². The number of nitriles is 1. The number of nitrogens with one attached hydrogen (secondary N) is 1. The summed E-state index contributed by atoms with van der Waals surface area (Å²) in [6.45, 7) is 5.40. The van der Waals surface area contributed by atoms with Gasteiger partial charge in [0.25, 0.3) is 0 Å². The third-order valence-corrected chi connectivity index (χ3v) is 5.20. The van der Waals surface area contributed by atoms with Gasteiger partial charge in [0.15, 0.2) is 0 Å². The van der Waals surface area contributed by atoms with Crippen LogP contribution in [0.15, 0.2) is 0 Å². The van der Waals surface area contributed by atoms with Crippen LogP contribution in [0.1, 0.15) is 46.0 Å². The van der Waals surface area contributed by atoms with E-state index in [0.29, 0.717) is 11.2 Å². The Labute approximate surface area is 115 Å². The van der Waals surface area contributed by atoms with Gasteiger partial charge in [0, 0.05) is 11.9 Å². The molecule has 0 saturated heterocycles. The molecule has 18 heavy (non-hydrogen) atoms. The summed E-state index contributed by atoms with van der Waals surface area (Å²) in [6.07, 6.45) is 5.35. The van der Waals surface area contributed by atoms with Crippen molar-refractivity contribution < 1.29 is 5.11 Å². The van der Waals surface area contributed by atoms with Gasteiger partial charge in [-0.2, -0.15) is 17.0 Å². The third kappa shape index (κ3) is 4.79. The van der Waals surface area contributed by atoms with Crippen LogP contribution < -0.4 is 5.32 Å². The van der Waals surface area contributed by atoms with Crippen molar-refractivity contribution in [2.75, 3.05) is 18.9 Å². The monoisotopic (exact) mass is 270 g/mol. The number of hydrogen-bond acceptors (Lipinski definition) is 4. The summed E-state index contributed by atoms with van der Waals surface area (Å²) in [5, 5.41) is 22.5. The average Bonchev–Trinajstić information content (AvgIpc) is 2.43. The molecule has 0 amide bonds. The highest BCUT2D eigenvalue weighted by molar-refractivity contribution is 7.99. The first-order valence-electron chi connectivity index (χ1n) is 7.04. The first-order chi connectivity index (χ1) is 8.65. The fraction of sp³-hybridized carbons (Fsp3) is 0.929. The van der Waals surface area contributed by atoms with Crippen LogP contribution in [0.5, 0.6) is 0 Å². The third-order valence-electron chi connectivity index (χ3n) is 3.56. The van der Waals surface area contributed by atoms with Crippen molar-refractivity contribution >= 4 is 11.8 Å². The minimum absolute atomic E-state index is 0.261. The van der Waals surface area contributed by atoms with E-state index in [1.807, 2.05) is 11.8 Å². The lowest BCUT2D eigenvalue weighted by Crippen LogP contribution is -2.48. The lowest BCUT2D eigenvalue weighted by atomic mass is 9.82. The molecule has 104 valence electrons. The van der Waals surface area contributed by atoms with Crippen molar-refractivity contribution in [3.05, 3.63) is 0 Å². The second kappa shape index (κ2) is 8.04. The molecular weight excluding hydrogens is 244 g/mol. The van der Waals surface area contributed by atoms with Gasteiger partial charge in [0.2, 0.25) is 0 Å². The molecule has 0 aromatic carbocycles. The van der Waals surface area contributed by atoms with Crippen molar-refractivity contribution in [2.45, 2.75) is 56.7 Å². The molecular formula is C14H26N2OS. The Hall–Kier alpha value is -0.240. The lowest BCUT2D eigenvalue weighted by Gasteiger charge is -2.36. The number of rotatable bonds is 7. The molecule has 1 fully saturated rings. The number of aliphatic hydroxyl groups excluding tert-OH is 1. The van der Waals surface area contributed by atoms with E-state index in [2.05, 4.69) is 25.2 Å². The van der Waals surface area contributed by atoms with Crippen molar-refractivity contribution in [2.24, 2.45) is 5.92 Å². The van der Waals surface area contributed by atoms with Crippen LogP contribution in [0.25, 0.3) is 0 Å². The van der Waals surface area contributed by atoms with Gasteiger partial charge in [-0.3, -0.25) is 5.32 Å². The number of nitrogens with zero attached hydrogens (tertiary/aromatic N) is 1. The SMILES string of the molecule is CCCNC1(C#N)CCCC(SCC(C)CO)C1. The molecule has 3 atom stereocenters. The van der Waals surface area contributed by atoms with E-state index in [1.165, 1.54) is 6.42 Å². The van der Waals surface area contributed by atoms with Gasteiger partial charge < -0.3 is 5.11 Å². The Morgan fingerprint density at radius 2 is 2.39 bits per heavy atom. The van der Waals surface area contributed by atoms with Crippen LogP contribution >= 0.6 is 11.8 Å². The molecule has 0 heterocycles. The van der Waals surface area contributed by atoms with Crippen molar-refractivity contribution in [1.29, 1.82) is 5.26 Å². The van der Waals surface area contributed by atoms with Crippen molar-refractivity contribution in [3.63, 3.8) is 0 Å². The Morgan fingerprint density at radius 1 is 1.61 bits per heavy atom. The summed E-state index contributed by atoms with van der Waals surface area (Å²) < 4.78 is 0. The van der Waals surface area contributed by atoms with E-state index in [0.717, 1.165) is 38.0 Å². The van der Waals surface area contributed by atoms with Crippen LogP contribution in [0, 0.1) is 17.2 Å². The molecule has 2 N–H and O–H groups in total. The van der Waals surface area contributed by atoms with E-state index >= 15 is 0 Å². The zero-order valence-corrected chi connectivity index (χ0v) is 12.4. The van der Waals surface area contributed by atoms with Gasteiger partial charge in [-0.25, -0.2) is 0 Å². The van der Waals surface area contributed by atoms with Crippen LogP contribution in [-0.4, -0.2) is 34.8 Å². The van der Waals surface area contributed by atoms with Crippen LogP contribution in [0.2, 0.25) is 0 Å². The lowest BCUT2D eigenvalue weighted by molar-refractivity contribution is 0.250. The van der Waals surface area contributed by atoms with E-state index in [4.69, 9.17) is 5.11 Å². The fourth-order valence-electron chi connectivity index (χ4n) is 2.39. The predicted molar refractivity (Wildman–Crippen MR) is 77.6 cm³/mol. The van der Waals surface area contributed by atoms with E-state index in [1.54, 1.807) is 0 Å². The van der Waals surface area contributed by atoms with Crippen LogP contribution in [0.4, 0.5) is 0 Å². The van der Waals surface area contributed by atoms with Crippen molar-refractivity contribution in [3.8, 4) is 6.07 Å². The molecule has 1 aliphatic rings. The highest BCUT2D eigenvalue weighted by Gasteiger charge is 2.36. The summed E-state index contributed by atoms with van der Waals surface area (Å²) in [4.78, 5) is 0. The molecule has 3 unspecified atom stereocenters. The highest BCUT2D eigenvalue weighted by Crippen LogP contribution is 2.35. The second-order valence-electron chi connectivity index (χ2n) is 5.46. The van der Waals surface area contributed by atoms with Gasteiger partial charge >= 0.3 is 0 Å². The van der Waals surface area contributed by atoms with E-state index in [-0.39, 0.29) is 12.1 Å². The van der Waals surface area contributed by atoms with E-state index < -0.39 is 0 Å². The summed E-state index contributed by atoms with van der Waals surface area (Å²) in [5.74, 6) is 1.35. The molecule has 0 bridgehead atoms. The number of thioether (sulfide) groups is 1. The Kier molecular flexibility index (Phi) is 7.06. The maximum absolute atomic E-state index is 9.45. The molecule has 0 aliphatic heterocycles. The predicted octanol–water partition coefficient (Wildman–Crippen LogP) is 2.55. The van der Waals surface area contributed by atoms with Gasteiger partial charge in [-0.05, 0) is 50.3 Å². The Morgan fingerprint density at radius 3 is 3.00 bits per heavy atom. The average molecular weight is 270 g/mol. The largest absolute Gasteiger partial charge is 0.396 e. The fourth-order valence-corrected chi connectivity index (χ4v) is 3.83. The molecule has 4 heteroatoms. The highest BCUT2D eigenvalue weighted by atomic mass is 32.2. The topological polar surface area (TPSA) is 56.0 Å². The summed E-state index contributed by atoms with van der Waals surface area (Å²) in [7, 11) is 0. The van der Waals surface area contributed by atoms with Gasteiger partial charge in [-0.15, -0.1) is 0 Å². The minimum Gasteiger partial charge on any atom is -0.396 e. The maximum atomic E-state index is 9.45. The maximum Gasteiger partial charge on any atom is 0.107 e. The zero-order valence-electron chi connectivity index (χ0n) is 11.6. The summed E-state index contributed by atoms with van der Waals surface area (Å²) in [6, 6.07) is 2.51. The quantitative estimate of drug-likeness (QED) is 0.746. The number of aliphatic hydroxyl groups is 1. The summed E-state index contributed by atoms with van der Waals surface area (Å²) in [5.41, 5.74) is -0.297. The molecule has 0 spiro atoms. The molecule has 3 nitrogen and oxygen atoms in total. The van der Waals surface area contributed by atoms with Gasteiger partial charge in [0.05, 0.1) is 6.07 Å². The van der Waals surface area contributed by atoms with E-state index in [9.17, 15) is 5.26 Å². The first kappa shape index (κ1) is 15.8. The van der Waals surface area contributed by atoms with Crippen LogP contribution in [-0.2, 0) is 0 Å². The second-order valence-corrected chi connectivity index (χ2v) is 6.79. The normalized spacial score (nSPS) is 29.8. The smallest absolute Gasteiger partial charge is 0.107 e. The molecule has 0 aromatic heterocycles. The van der Waals surface area contributed by atoms with Gasteiger partial charge in [0.1, 0.15) is 5.54 Å². The first-order valence-corrected chi connectivity index (χ1v) is 8.09.